The predicted octanol–water partition coefficient (Wildman–Crippen LogP) is 3.16. The van der Waals surface area contributed by atoms with Crippen LogP contribution in [0.4, 0.5) is 0 Å². The molecule has 0 fully saturated rings. The number of hydrogen-bond acceptors (Lipinski definition) is 4. The maximum Gasteiger partial charge on any atom is 0.190 e. The smallest absolute Gasteiger partial charge is 0.190 e. The van der Waals surface area contributed by atoms with E-state index < -0.39 is 0 Å². The quantitative estimate of drug-likeness (QED) is 0.939. The van der Waals surface area contributed by atoms with Crippen LogP contribution in [0.3, 0.4) is 0 Å². The minimum Gasteiger partial charge on any atom is -0.308 e. The normalized spacial score (nSPS) is 11.8. The second-order valence-electron chi connectivity index (χ2n) is 5.97. The Labute approximate surface area is 125 Å². The highest BCUT2D eigenvalue weighted by molar-refractivity contribution is 7.99. The fraction of sp³-hybridized carbons (Fsp3) is 0.467. The third-order valence-corrected chi connectivity index (χ3v) is 4.16. The van der Waals surface area contributed by atoms with Crippen LogP contribution in [0, 0.1) is 6.92 Å². The molecule has 0 radical (unpaired) electrons. The molecule has 0 saturated heterocycles. The molecular weight excluding hydrogens is 268 g/mol. The molecule has 108 valence electrons. The van der Waals surface area contributed by atoms with Crippen molar-refractivity contribution in [3.05, 3.63) is 35.7 Å². The first kappa shape index (κ1) is 15.1. The van der Waals surface area contributed by atoms with Gasteiger partial charge in [-0.05, 0) is 56.7 Å². The van der Waals surface area contributed by atoms with Gasteiger partial charge in [0.2, 0.25) is 0 Å². The van der Waals surface area contributed by atoms with Gasteiger partial charge in [-0.3, -0.25) is 0 Å². The molecule has 2 aromatic rings. The van der Waals surface area contributed by atoms with Gasteiger partial charge in [0.15, 0.2) is 5.16 Å². The lowest BCUT2D eigenvalue weighted by Crippen LogP contribution is -2.35. The van der Waals surface area contributed by atoms with Crippen LogP contribution in [-0.4, -0.2) is 20.3 Å². The molecule has 1 heterocycles. The van der Waals surface area contributed by atoms with Crippen molar-refractivity contribution >= 4 is 11.8 Å². The minimum absolute atomic E-state index is 0.139. The molecule has 5 heteroatoms. The van der Waals surface area contributed by atoms with Crippen molar-refractivity contribution < 1.29 is 0 Å². The van der Waals surface area contributed by atoms with Gasteiger partial charge in [0.1, 0.15) is 6.33 Å². The van der Waals surface area contributed by atoms with Crippen LogP contribution in [0.5, 0.6) is 0 Å². The number of hydrogen-bond donors (Lipinski definition) is 1. The van der Waals surface area contributed by atoms with Crippen molar-refractivity contribution in [2.75, 3.05) is 0 Å². The van der Waals surface area contributed by atoms with Gasteiger partial charge in [-0.25, -0.2) is 9.67 Å². The number of nitrogens with one attached hydrogen (secondary N) is 1. The molecule has 2 rings (SSSR count). The van der Waals surface area contributed by atoms with Crippen molar-refractivity contribution in [2.45, 2.75) is 49.8 Å². The SMILES string of the molecule is Cc1cc(CNC(C)(C)C)ccc1Sc1ncnn1C. The van der Waals surface area contributed by atoms with Crippen LogP contribution in [0.15, 0.2) is 34.6 Å². The van der Waals surface area contributed by atoms with E-state index in [1.54, 1.807) is 22.8 Å². The van der Waals surface area contributed by atoms with E-state index in [-0.39, 0.29) is 5.54 Å². The number of aryl methyl sites for hydroxylation is 2. The lowest BCUT2D eigenvalue weighted by atomic mass is 10.1. The zero-order valence-corrected chi connectivity index (χ0v) is 13.6. The summed E-state index contributed by atoms with van der Waals surface area (Å²) < 4.78 is 1.79. The molecule has 1 aromatic heterocycles. The van der Waals surface area contributed by atoms with E-state index in [1.807, 2.05) is 7.05 Å². The van der Waals surface area contributed by atoms with Gasteiger partial charge in [0, 0.05) is 24.0 Å². The number of benzene rings is 1. The van der Waals surface area contributed by atoms with Gasteiger partial charge in [0.05, 0.1) is 0 Å². The Kier molecular flexibility index (Phi) is 4.50. The second kappa shape index (κ2) is 5.97. The Bertz CT molecular complexity index is 584. The van der Waals surface area contributed by atoms with Crippen LogP contribution in [0.2, 0.25) is 0 Å². The Balaban J connectivity index is 2.08. The fourth-order valence-corrected chi connectivity index (χ4v) is 2.61. The molecule has 1 aromatic carbocycles. The summed E-state index contributed by atoms with van der Waals surface area (Å²) in [6.07, 6.45) is 1.58. The van der Waals surface area contributed by atoms with Crippen LogP contribution in [-0.2, 0) is 13.6 Å². The molecule has 0 aliphatic carbocycles. The maximum atomic E-state index is 4.25. The molecule has 0 bridgehead atoms. The van der Waals surface area contributed by atoms with Gasteiger partial charge in [0.25, 0.3) is 0 Å². The standard InChI is InChI=1S/C15H22N4S/c1-11-8-12(9-17-15(2,3)4)6-7-13(11)20-14-16-10-18-19(14)5/h6-8,10,17H,9H2,1-5H3. The molecule has 0 aliphatic heterocycles. The molecule has 0 spiro atoms. The minimum atomic E-state index is 0.139. The summed E-state index contributed by atoms with van der Waals surface area (Å²) in [7, 11) is 1.91. The van der Waals surface area contributed by atoms with Crippen LogP contribution in [0.25, 0.3) is 0 Å². The summed E-state index contributed by atoms with van der Waals surface area (Å²) in [5, 5.41) is 8.51. The van der Waals surface area contributed by atoms with E-state index in [0.29, 0.717) is 0 Å². The first-order chi connectivity index (χ1) is 9.35. The molecule has 1 N–H and O–H groups in total. The van der Waals surface area contributed by atoms with Crippen molar-refractivity contribution in [3.8, 4) is 0 Å². The summed E-state index contributed by atoms with van der Waals surface area (Å²) in [5.41, 5.74) is 2.71. The molecule has 0 amide bonds. The van der Waals surface area contributed by atoms with Crippen LogP contribution < -0.4 is 5.32 Å². The summed E-state index contributed by atoms with van der Waals surface area (Å²) >= 11 is 1.65. The van der Waals surface area contributed by atoms with Crippen molar-refractivity contribution in [1.29, 1.82) is 0 Å². The second-order valence-corrected chi connectivity index (χ2v) is 6.98. The zero-order chi connectivity index (χ0) is 14.8. The fourth-order valence-electron chi connectivity index (χ4n) is 1.78. The molecular formula is C15H22N4S. The monoisotopic (exact) mass is 290 g/mol. The molecule has 0 atom stereocenters. The van der Waals surface area contributed by atoms with Gasteiger partial charge in [-0.15, -0.1) is 0 Å². The topological polar surface area (TPSA) is 42.7 Å². The van der Waals surface area contributed by atoms with E-state index in [2.05, 4.69) is 61.3 Å². The summed E-state index contributed by atoms with van der Waals surface area (Å²) in [6.45, 7) is 9.56. The molecule has 4 nitrogen and oxygen atoms in total. The average molecular weight is 290 g/mol. The zero-order valence-electron chi connectivity index (χ0n) is 12.8. The average Bonchev–Trinajstić information content (AvgIpc) is 2.75. The van der Waals surface area contributed by atoms with Crippen molar-refractivity contribution in [3.63, 3.8) is 0 Å². The Morgan fingerprint density at radius 2 is 2.05 bits per heavy atom. The summed E-state index contributed by atoms with van der Waals surface area (Å²) in [4.78, 5) is 5.47. The lowest BCUT2D eigenvalue weighted by molar-refractivity contribution is 0.424. The Hall–Kier alpha value is -1.33. The first-order valence-corrected chi connectivity index (χ1v) is 7.53. The van der Waals surface area contributed by atoms with Gasteiger partial charge >= 0.3 is 0 Å². The Morgan fingerprint density at radius 3 is 2.60 bits per heavy atom. The maximum absolute atomic E-state index is 4.25. The number of aromatic nitrogens is 3. The van der Waals surface area contributed by atoms with E-state index in [9.17, 15) is 0 Å². The Morgan fingerprint density at radius 1 is 1.30 bits per heavy atom. The molecule has 0 unspecified atom stereocenters. The largest absolute Gasteiger partial charge is 0.308 e. The van der Waals surface area contributed by atoms with Crippen LogP contribution in [0.1, 0.15) is 31.9 Å². The summed E-state index contributed by atoms with van der Waals surface area (Å²) in [5.74, 6) is 0. The third-order valence-electron chi connectivity index (χ3n) is 2.93. The highest BCUT2D eigenvalue weighted by atomic mass is 32.2. The van der Waals surface area contributed by atoms with E-state index in [0.717, 1.165) is 11.7 Å². The van der Waals surface area contributed by atoms with Crippen molar-refractivity contribution in [1.82, 2.24) is 20.1 Å². The third kappa shape index (κ3) is 4.08. The van der Waals surface area contributed by atoms with E-state index in [1.165, 1.54) is 16.0 Å². The molecule has 0 saturated carbocycles. The van der Waals surface area contributed by atoms with Crippen molar-refractivity contribution in [2.24, 2.45) is 7.05 Å². The van der Waals surface area contributed by atoms with E-state index in [4.69, 9.17) is 0 Å². The predicted molar refractivity (Wildman–Crippen MR) is 82.9 cm³/mol. The number of rotatable bonds is 4. The highest BCUT2D eigenvalue weighted by Gasteiger charge is 2.10. The summed E-state index contributed by atoms with van der Waals surface area (Å²) in [6, 6.07) is 6.57. The van der Waals surface area contributed by atoms with Gasteiger partial charge in [-0.1, -0.05) is 12.1 Å². The van der Waals surface area contributed by atoms with Gasteiger partial charge < -0.3 is 5.32 Å². The van der Waals surface area contributed by atoms with Crippen LogP contribution >= 0.6 is 11.8 Å². The molecule has 0 aliphatic rings. The lowest BCUT2D eigenvalue weighted by Gasteiger charge is -2.20. The highest BCUT2D eigenvalue weighted by Crippen LogP contribution is 2.28. The first-order valence-electron chi connectivity index (χ1n) is 6.71. The molecule has 20 heavy (non-hydrogen) atoms. The van der Waals surface area contributed by atoms with Gasteiger partial charge in [-0.2, -0.15) is 5.10 Å². The number of nitrogens with zero attached hydrogens (tertiary/aromatic N) is 3. The van der Waals surface area contributed by atoms with E-state index >= 15 is 0 Å².